The highest BCUT2D eigenvalue weighted by Crippen LogP contribution is 2.18. The first-order chi connectivity index (χ1) is 10.3. The Morgan fingerprint density at radius 1 is 1.41 bits per heavy atom. The first-order valence-electron chi connectivity index (χ1n) is 7.05. The summed E-state index contributed by atoms with van der Waals surface area (Å²) in [7, 11) is 0. The van der Waals surface area contributed by atoms with Crippen molar-refractivity contribution in [2.24, 2.45) is 5.41 Å². The van der Waals surface area contributed by atoms with Gasteiger partial charge in [0.05, 0.1) is 17.9 Å². The molecule has 0 radical (unpaired) electrons. The first-order valence-corrected chi connectivity index (χ1v) is 7.05. The van der Waals surface area contributed by atoms with Crippen molar-refractivity contribution in [2.45, 2.75) is 26.9 Å². The molecule has 0 saturated carbocycles. The number of aromatic nitrogens is 2. The maximum Gasteiger partial charge on any atom is 0.254 e. The molecule has 1 amide bonds. The molecule has 1 aromatic carbocycles. The van der Waals surface area contributed by atoms with Crippen LogP contribution in [0.25, 0.3) is 5.69 Å². The zero-order valence-corrected chi connectivity index (χ0v) is 12.9. The predicted molar refractivity (Wildman–Crippen MR) is 81.3 cm³/mol. The number of carbonyl (C=O) groups excluding carboxylic acids is 1. The van der Waals surface area contributed by atoms with E-state index < -0.39 is 11.9 Å². The van der Waals surface area contributed by atoms with Crippen LogP contribution in [0.15, 0.2) is 36.7 Å². The lowest BCUT2D eigenvalue weighted by Crippen LogP contribution is -2.39. The van der Waals surface area contributed by atoms with E-state index in [1.54, 1.807) is 18.2 Å². The smallest absolute Gasteiger partial charge is 0.254 e. The van der Waals surface area contributed by atoms with E-state index in [0.717, 1.165) is 0 Å². The van der Waals surface area contributed by atoms with Gasteiger partial charge in [0.2, 0.25) is 0 Å². The molecule has 0 aliphatic heterocycles. The molecule has 0 spiro atoms. The Hall–Kier alpha value is -2.21. The van der Waals surface area contributed by atoms with E-state index in [-0.39, 0.29) is 23.6 Å². The summed E-state index contributed by atoms with van der Waals surface area (Å²) in [4.78, 5) is 12.0. The van der Waals surface area contributed by atoms with Gasteiger partial charge in [0.1, 0.15) is 11.5 Å². The van der Waals surface area contributed by atoms with Gasteiger partial charge in [-0.15, -0.1) is 0 Å². The fourth-order valence-electron chi connectivity index (χ4n) is 1.81. The number of amides is 1. The molecular formula is C16H20FN3O2. The normalized spacial score (nSPS) is 13.0. The molecule has 5 nitrogen and oxygen atoms in total. The molecule has 0 fully saturated rings. The van der Waals surface area contributed by atoms with Gasteiger partial charge in [0.15, 0.2) is 0 Å². The number of nitrogens with zero attached hydrogens (tertiary/aromatic N) is 2. The van der Waals surface area contributed by atoms with Gasteiger partial charge in [0.25, 0.3) is 5.91 Å². The van der Waals surface area contributed by atoms with Crippen LogP contribution in [-0.4, -0.2) is 33.4 Å². The molecule has 0 aliphatic carbocycles. The average Bonchev–Trinajstić information content (AvgIpc) is 2.93. The van der Waals surface area contributed by atoms with Crippen LogP contribution >= 0.6 is 0 Å². The van der Waals surface area contributed by atoms with Crippen molar-refractivity contribution in [3.63, 3.8) is 0 Å². The summed E-state index contributed by atoms with van der Waals surface area (Å²) in [5.41, 5.74) is 0.269. The highest BCUT2D eigenvalue weighted by atomic mass is 19.1. The summed E-state index contributed by atoms with van der Waals surface area (Å²) in [6, 6.07) is 6.19. The minimum atomic E-state index is -0.655. The summed E-state index contributed by atoms with van der Waals surface area (Å²) in [5.74, 6) is -0.772. The van der Waals surface area contributed by atoms with Gasteiger partial charge in [-0.05, 0) is 17.5 Å². The van der Waals surface area contributed by atoms with Gasteiger partial charge in [-0.3, -0.25) is 4.79 Å². The summed E-state index contributed by atoms with van der Waals surface area (Å²) in [5, 5.41) is 16.6. The lowest BCUT2D eigenvalue weighted by Gasteiger charge is -2.25. The largest absolute Gasteiger partial charge is 0.391 e. The van der Waals surface area contributed by atoms with Crippen LogP contribution in [0.5, 0.6) is 0 Å². The summed E-state index contributed by atoms with van der Waals surface area (Å²) in [6.07, 6.45) is 2.17. The van der Waals surface area contributed by atoms with E-state index in [1.807, 2.05) is 20.8 Å². The Balaban J connectivity index is 2.06. The number of hydrogen-bond acceptors (Lipinski definition) is 3. The fraction of sp³-hybridized carbons (Fsp3) is 0.375. The minimum Gasteiger partial charge on any atom is -0.391 e. The second-order valence-corrected chi connectivity index (χ2v) is 6.22. The highest BCUT2D eigenvalue weighted by molar-refractivity contribution is 5.93. The van der Waals surface area contributed by atoms with Gasteiger partial charge in [-0.2, -0.15) is 5.10 Å². The molecule has 22 heavy (non-hydrogen) atoms. The van der Waals surface area contributed by atoms with Crippen LogP contribution in [0.2, 0.25) is 0 Å². The van der Waals surface area contributed by atoms with Gasteiger partial charge in [-0.25, -0.2) is 9.07 Å². The highest BCUT2D eigenvalue weighted by Gasteiger charge is 2.22. The van der Waals surface area contributed by atoms with Crippen molar-refractivity contribution in [2.75, 3.05) is 6.54 Å². The number of hydrogen-bond donors (Lipinski definition) is 2. The average molecular weight is 305 g/mol. The molecule has 1 atom stereocenters. The third-order valence-corrected chi connectivity index (χ3v) is 3.40. The Labute approximate surface area is 128 Å². The number of aliphatic hydroxyl groups is 1. The summed E-state index contributed by atoms with van der Waals surface area (Å²) >= 11 is 0. The summed E-state index contributed by atoms with van der Waals surface area (Å²) in [6.45, 7) is 5.81. The van der Waals surface area contributed by atoms with Crippen LogP contribution in [0.3, 0.4) is 0 Å². The molecule has 2 N–H and O–H groups in total. The number of halogens is 1. The zero-order chi connectivity index (χ0) is 16.3. The second kappa shape index (κ2) is 6.27. The molecule has 2 aromatic rings. The number of nitrogens with one attached hydrogen (secondary N) is 1. The van der Waals surface area contributed by atoms with Crippen LogP contribution < -0.4 is 5.32 Å². The van der Waals surface area contributed by atoms with Crippen LogP contribution in [0, 0.1) is 11.2 Å². The van der Waals surface area contributed by atoms with E-state index in [2.05, 4.69) is 10.4 Å². The lowest BCUT2D eigenvalue weighted by molar-refractivity contribution is 0.0587. The van der Waals surface area contributed by atoms with E-state index in [0.29, 0.717) is 5.56 Å². The predicted octanol–water partition coefficient (Wildman–Crippen LogP) is 2.15. The minimum absolute atomic E-state index is 0.146. The molecule has 0 aliphatic rings. The molecular weight excluding hydrogens is 285 g/mol. The second-order valence-electron chi connectivity index (χ2n) is 6.22. The van der Waals surface area contributed by atoms with Crippen molar-refractivity contribution in [1.82, 2.24) is 15.1 Å². The SMILES string of the molecule is CC(C)(C)C(O)CNC(=O)c1cnn(-c2ccccc2F)c1. The molecule has 1 aromatic heterocycles. The topological polar surface area (TPSA) is 67.2 Å². The molecule has 1 unspecified atom stereocenters. The molecule has 0 saturated heterocycles. The molecule has 118 valence electrons. The third-order valence-electron chi connectivity index (χ3n) is 3.40. The monoisotopic (exact) mass is 305 g/mol. The number of aliphatic hydroxyl groups excluding tert-OH is 1. The van der Waals surface area contributed by atoms with Gasteiger partial charge >= 0.3 is 0 Å². The lowest BCUT2D eigenvalue weighted by atomic mass is 9.89. The number of rotatable bonds is 4. The van der Waals surface area contributed by atoms with Crippen LogP contribution in [0.4, 0.5) is 4.39 Å². The fourth-order valence-corrected chi connectivity index (χ4v) is 1.81. The van der Waals surface area contributed by atoms with Crippen molar-refractivity contribution in [3.8, 4) is 5.69 Å². The van der Waals surface area contributed by atoms with Crippen molar-refractivity contribution in [1.29, 1.82) is 0 Å². The van der Waals surface area contributed by atoms with E-state index in [4.69, 9.17) is 0 Å². The maximum atomic E-state index is 13.7. The Kier molecular flexibility index (Phi) is 4.61. The number of para-hydroxylation sites is 1. The Bertz CT molecular complexity index is 661. The number of carbonyl (C=O) groups is 1. The maximum absolute atomic E-state index is 13.7. The molecule has 1 heterocycles. The summed E-state index contributed by atoms with van der Waals surface area (Å²) < 4.78 is 15.0. The van der Waals surface area contributed by atoms with Crippen molar-refractivity contribution in [3.05, 3.63) is 48.0 Å². The zero-order valence-electron chi connectivity index (χ0n) is 12.9. The van der Waals surface area contributed by atoms with E-state index >= 15 is 0 Å². The Morgan fingerprint density at radius 3 is 2.73 bits per heavy atom. The first kappa shape index (κ1) is 16.2. The quantitative estimate of drug-likeness (QED) is 0.909. The third kappa shape index (κ3) is 3.71. The van der Waals surface area contributed by atoms with Crippen LogP contribution in [0.1, 0.15) is 31.1 Å². The molecule has 2 rings (SSSR count). The van der Waals surface area contributed by atoms with Gasteiger partial charge in [0, 0.05) is 12.7 Å². The van der Waals surface area contributed by atoms with Crippen molar-refractivity contribution >= 4 is 5.91 Å². The van der Waals surface area contributed by atoms with Crippen LogP contribution in [-0.2, 0) is 0 Å². The number of benzene rings is 1. The van der Waals surface area contributed by atoms with E-state index in [9.17, 15) is 14.3 Å². The van der Waals surface area contributed by atoms with Gasteiger partial charge in [-0.1, -0.05) is 32.9 Å². The standard InChI is InChI=1S/C16H20FN3O2/c1-16(2,3)14(21)9-18-15(22)11-8-19-20(10-11)13-7-5-4-6-12(13)17/h4-8,10,14,21H,9H2,1-3H3,(H,18,22). The van der Waals surface area contributed by atoms with Gasteiger partial charge < -0.3 is 10.4 Å². The van der Waals surface area contributed by atoms with Crippen molar-refractivity contribution < 1.29 is 14.3 Å². The molecule has 6 heteroatoms. The van der Waals surface area contributed by atoms with E-state index in [1.165, 1.54) is 23.1 Å². The molecule has 0 bridgehead atoms. The Morgan fingerprint density at radius 2 is 2.09 bits per heavy atom.